The van der Waals surface area contributed by atoms with Gasteiger partial charge in [0.15, 0.2) is 5.58 Å². The van der Waals surface area contributed by atoms with Gasteiger partial charge in [0.1, 0.15) is 16.7 Å². The number of aromatic nitrogens is 3. The fourth-order valence-corrected chi connectivity index (χ4v) is 8.73. The van der Waals surface area contributed by atoms with E-state index in [0.717, 1.165) is 84.5 Å². The summed E-state index contributed by atoms with van der Waals surface area (Å²) in [5.41, 5.74) is 13.5. The quantitative estimate of drug-likeness (QED) is 0.188. The summed E-state index contributed by atoms with van der Waals surface area (Å²) >= 11 is 0. The van der Waals surface area contributed by atoms with Gasteiger partial charge in [-0.05, 0) is 72.0 Å². The maximum atomic E-state index is 6.95. The first-order chi connectivity index (χ1) is 25.8. The van der Waals surface area contributed by atoms with Crippen molar-refractivity contribution in [2.75, 3.05) is 0 Å². The van der Waals surface area contributed by atoms with E-state index in [-0.39, 0.29) is 0 Å². The van der Waals surface area contributed by atoms with Crippen molar-refractivity contribution in [2.24, 2.45) is 0 Å². The Morgan fingerprint density at radius 2 is 1.33 bits per heavy atom. The number of benzene rings is 7. The van der Waals surface area contributed by atoms with Gasteiger partial charge in [0.05, 0.1) is 27.5 Å². The molecule has 0 fully saturated rings. The van der Waals surface area contributed by atoms with Gasteiger partial charge in [0.25, 0.3) is 0 Å². The van der Waals surface area contributed by atoms with Gasteiger partial charge in [-0.2, -0.15) is 4.98 Å². The number of oxazole rings is 1. The largest absolute Gasteiger partial charge is 0.455 e. The molecule has 0 bridgehead atoms. The van der Waals surface area contributed by atoms with E-state index in [0.29, 0.717) is 6.01 Å². The highest BCUT2D eigenvalue weighted by atomic mass is 16.4. The Morgan fingerprint density at radius 3 is 2.21 bits per heavy atom. The Morgan fingerprint density at radius 1 is 0.558 bits per heavy atom. The lowest BCUT2D eigenvalue weighted by Crippen LogP contribution is -1.95. The van der Waals surface area contributed by atoms with Crippen LogP contribution >= 0.6 is 0 Å². The standard InChI is InChI=1S/C47H29N3O2/c1-2-14-31(15-3-1)49-38-19-9-6-16-32(38)33-24-25-40-42(44(33)49)34-17-7-10-20-39(34)50(40)47-48-37-27-36(30-23-22-28-12-4-5-13-29(28)26-30)45-43(46(37)52-47)35-18-8-11-21-41(35)51-45/h1-4,6-12,14-27H,5,13H2. The highest BCUT2D eigenvalue weighted by molar-refractivity contribution is 6.26. The van der Waals surface area contributed by atoms with E-state index in [1.807, 2.05) is 12.1 Å². The van der Waals surface area contributed by atoms with Crippen LogP contribution in [0.3, 0.4) is 0 Å². The lowest BCUT2D eigenvalue weighted by Gasteiger charge is -2.12. The van der Waals surface area contributed by atoms with E-state index >= 15 is 0 Å². The lowest BCUT2D eigenvalue weighted by atomic mass is 9.92. The molecular formula is C47H29N3O2. The van der Waals surface area contributed by atoms with Crippen LogP contribution in [0.1, 0.15) is 17.5 Å². The van der Waals surface area contributed by atoms with Crippen LogP contribution in [0, 0.1) is 0 Å². The predicted octanol–water partition coefficient (Wildman–Crippen LogP) is 12.5. The molecule has 12 rings (SSSR count). The van der Waals surface area contributed by atoms with Crippen LogP contribution in [0.5, 0.6) is 0 Å². The minimum absolute atomic E-state index is 0.530. The van der Waals surface area contributed by atoms with Crippen molar-refractivity contribution in [1.82, 2.24) is 14.1 Å². The molecule has 244 valence electrons. The van der Waals surface area contributed by atoms with Crippen molar-refractivity contribution in [3.05, 3.63) is 157 Å². The molecule has 4 aromatic heterocycles. The van der Waals surface area contributed by atoms with Crippen molar-refractivity contribution >= 4 is 82.7 Å². The SMILES string of the molecule is C1=Cc2ccc(-c3cc4nc(-n5c6ccccc6c6c5ccc5c7ccccc7n(-c7ccccc7)c56)oc4c4c3oc3ccccc34)cc2CC1. The number of allylic oxidation sites excluding steroid dienone is 1. The zero-order chi connectivity index (χ0) is 33.9. The van der Waals surface area contributed by atoms with Gasteiger partial charge in [-0.15, -0.1) is 0 Å². The molecule has 5 nitrogen and oxygen atoms in total. The summed E-state index contributed by atoms with van der Waals surface area (Å²) in [6.07, 6.45) is 6.57. The predicted molar refractivity (Wildman–Crippen MR) is 213 cm³/mol. The summed E-state index contributed by atoms with van der Waals surface area (Å²) in [7, 11) is 0. The van der Waals surface area contributed by atoms with Gasteiger partial charge in [-0.25, -0.2) is 0 Å². The molecule has 0 amide bonds. The van der Waals surface area contributed by atoms with Gasteiger partial charge in [-0.3, -0.25) is 4.57 Å². The summed E-state index contributed by atoms with van der Waals surface area (Å²) in [5.74, 6) is 0. The maximum Gasteiger partial charge on any atom is 0.307 e. The number of para-hydroxylation sites is 4. The summed E-state index contributed by atoms with van der Waals surface area (Å²) < 4.78 is 18.2. The number of aryl methyl sites for hydroxylation is 1. The highest BCUT2D eigenvalue weighted by Gasteiger charge is 2.25. The third-order valence-electron chi connectivity index (χ3n) is 11.0. The molecule has 0 saturated heterocycles. The van der Waals surface area contributed by atoms with E-state index in [1.165, 1.54) is 32.9 Å². The van der Waals surface area contributed by atoms with E-state index < -0.39 is 0 Å². The Hall–Kier alpha value is -6.85. The molecule has 11 aromatic rings. The molecule has 1 aliphatic carbocycles. The Labute approximate surface area is 297 Å². The molecule has 0 aliphatic heterocycles. The van der Waals surface area contributed by atoms with Crippen molar-refractivity contribution in [2.45, 2.75) is 12.8 Å². The molecule has 52 heavy (non-hydrogen) atoms. The van der Waals surface area contributed by atoms with Crippen molar-refractivity contribution < 1.29 is 8.83 Å². The van der Waals surface area contributed by atoms with Crippen LogP contribution in [0.15, 0.2) is 154 Å². The van der Waals surface area contributed by atoms with Gasteiger partial charge >= 0.3 is 6.01 Å². The summed E-state index contributed by atoms with van der Waals surface area (Å²) in [4.78, 5) is 5.31. The van der Waals surface area contributed by atoms with Gasteiger partial charge in [0.2, 0.25) is 0 Å². The van der Waals surface area contributed by atoms with E-state index in [4.69, 9.17) is 13.8 Å². The summed E-state index contributed by atoms with van der Waals surface area (Å²) in [6.45, 7) is 0. The van der Waals surface area contributed by atoms with Crippen LogP contribution in [-0.4, -0.2) is 14.1 Å². The monoisotopic (exact) mass is 667 g/mol. The molecular weight excluding hydrogens is 639 g/mol. The lowest BCUT2D eigenvalue weighted by molar-refractivity contribution is 0.577. The maximum absolute atomic E-state index is 6.95. The zero-order valence-electron chi connectivity index (χ0n) is 28.0. The second-order valence-electron chi connectivity index (χ2n) is 13.8. The van der Waals surface area contributed by atoms with Crippen LogP contribution in [0.2, 0.25) is 0 Å². The first-order valence-electron chi connectivity index (χ1n) is 17.9. The average molecular weight is 668 g/mol. The summed E-state index contributed by atoms with van der Waals surface area (Å²) in [5, 5.41) is 6.72. The second kappa shape index (κ2) is 10.3. The van der Waals surface area contributed by atoms with E-state index in [2.05, 4.69) is 149 Å². The molecule has 0 radical (unpaired) electrons. The van der Waals surface area contributed by atoms with Crippen molar-refractivity contribution in [3.8, 4) is 22.8 Å². The number of hydrogen-bond acceptors (Lipinski definition) is 3. The Bertz CT molecular complexity index is 3300. The molecule has 4 heterocycles. The number of furan rings is 1. The Kier molecular flexibility index (Phi) is 5.55. The van der Waals surface area contributed by atoms with Crippen LogP contribution < -0.4 is 0 Å². The fourth-order valence-electron chi connectivity index (χ4n) is 8.73. The number of hydrogen-bond donors (Lipinski definition) is 0. The van der Waals surface area contributed by atoms with Gasteiger partial charge in [-0.1, -0.05) is 109 Å². The smallest absolute Gasteiger partial charge is 0.307 e. The number of fused-ring (bicyclic) bond motifs is 13. The van der Waals surface area contributed by atoms with E-state index in [1.54, 1.807) is 0 Å². The number of nitrogens with zero attached hydrogens (tertiary/aromatic N) is 3. The zero-order valence-corrected chi connectivity index (χ0v) is 28.0. The highest BCUT2D eigenvalue weighted by Crippen LogP contribution is 2.45. The van der Waals surface area contributed by atoms with Crippen LogP contribution in [0.25, 0.3) is 106 Å². The minimum atomic E-state index is 0.530. The van der Waals surface area contributed by atoms with Gasteiger partial charge < -0.3 is 13.4 Å². The van der Waals surface area contributed by atoms with Crippen LogP contribution in [0.4, 0.5) is 0 Å². The average Bonchev–Trinajstić information content (AvgIpc) is 3.96. The third kappa shape index (κ3) is 3.74. The first-order valence-corrected chi connectivity index (χ1v) is 17.9. The topological polar surface area (TPSA) is 49.0 Å². The van der Waals surface area contributed by atoms with E-state index in [9.17, 15) is 0 Å². The molecule has 0 atom stereocenters. The Balaban J connectivity index is 1.19. The summed E-state index contributed by atoms with van der Waals surface area (Å²) in [6, 6.07) is 50.0. The molecule has 0 N–H and O–H groups in total. The molecule has 0 spiro atoms. The normalized spacial score (nSPS) is 13.2. The number of rotatable bonds is 3. The second-order valence-corrected chi connectivity index (χ2v) is 13.8. The third-order valence-corrected chi connectivity index (χ3v) is 11.0. The molecule has 5 heteroatoms. The van der Waals surface area contributed by atoms with Crippen LogP contribution in [-0.2, 0) is 6.42 Å². The van der Waals surface area contributed by atoms with Crippen molar-refractivity contribution in [1.29, 1.82) is 0 Å². The molecule has 0 unspecified atom stereocenters. The molecule has 1 aliphatic rings. The minimum Gasteiger partial charge on any atom is -0.455 e. The first kappa shape index (κ1) is 27.9. The van der Waals surface area contributed by atoms with Gasteiger partial charge in [0, 0.05) is 38.2 Å². The fraction of sp³-hybridized carbons (Fsp3) is 0.0426. The molecule has 0 saturated carbocycles. The molecule has 7 aromatic carbocycles. The van der Waals surface area contributed by atoms with Crippen molar-refractivity contribution in [3.63, 3.8) is 0 Å².